The lowest BCUT2D eigenvalue weighted by Gasteiger charge is -2.37. The molecule has 7 heteroatoms. The number of anilines is 1. The van der Waals surface area contributed by atoms with Gasteiger partial charge in [-0.2, -0.15) is 0 Å². The van der Waals surface area contributed by atoms with Crippen LogP contribution in [0.5, 0.6) is 5.75 Å². The first-order valence-electron chi connectivity index (χ1n) is 10.6. The van der Waals surface area contributed by atoms with Gasteiger partial charge in [0.15, 0.2) is 0 Å². The molecule has 0 radical (unpaired) electrons. The molecule has 0 unspecified atom stereocenters. The van der Waals surface area contributed by atoms with E-state index < -0.39 is 10.0 Å². The van der Waals surface area contributed by atoms with Gasteiger partial charge in [-0.3, -0.25) is 9.10 Å². The summed E-state index contributed by atoms with van der Waals surface area (Å²) in [7, 11) is -3.45. The molecule has 1 aliphatic heterocycles. The predicted molar refractivity (Wildman–Crippen MR) is 124 cm³/mol. The fraction of sp³-hybridized carbons (Fsp3) is 0.458. The van der Waals surface area contributed by atoms with Crippen molar-refractivity contribution in [2.75, 3.05) is 17.1 Å². The summed E-state index contributed by atoms with van der Waals surface area (Å²) >= 11 is 0. The average Bonchev–Trinajstić information content (AvgIpc) is 2.66. The lowest BCUT2D eigenvalue weighted by molar-refractivity contribution is -0.122. The zero-order valence-electron chi connectivity index (χ0n) is 18.9. The highest BCUT2D eigenvalue weighted by atomic mass is 32.2. The van der Waals surface area contributed by atoms with E-state index in [1.807, 2.05) is 70.2 Å². The molecule has 2 aromatic rings. The number of nitrogens with one attached hydrogen (secondary N) is 1. The third-order valence-electron chi connectivity index (χ3n) is 5.72. The Morgan fingerprint density at radius 1 is 1.16 bits per heavy atom. The molecule has 0 aliphatic carbocycles. The number of rotatable bonds is 7. The van der Waals surface area contributed by atoms with Crippen molar-refractivity contribution in [3.8, 4) is 5.75 Å². The lowest BCUT2D eigenvalue weighted by atomic mass is 9.89. The molecule has 6 nitrogen and oxygen atoms in total. The summed E-state index contributed by atoms with van der Waals surface area (Å²) in [5.74, 6) is 0.703. The zero-order valence-corrected chi connectivity index (χ0v) is 19.8. The summed E-state index contributed by atoms with van der Waals surface area (Å²) in [5, 5.41) is 3.12. The highest BCUT2D eigenvalue weighted by Gasteiger charge is 2.34. The summed E-state index contributed by atoms with van der Waals surface area (Å²) in [5.41, 5.74) is 3.23. The first-order valence-corrected chi connectivity index (χ1v) is 12.4. The van der Waals surface area contributed by atoms with Crippen molar-refractivity contribution >= 4 is 21.6 Å². The van der Waals surface area contributed by atoms with E-state index in [9.17, 15) is 13.2 Å². The molecule has 3 rings (SSSR count). The third kappa shape index (κ3) is 5.58. The second-order valence-corrected chi connectivity index (χ2v) is 10.8. The summed E-state index contributed by atoms with van der Waals surface area (Å²) in [6.07, 6.45) is 2.56. The number of carbonyl (C=O) groups is 1. The van der Waals surface area contributed by atoms with Crippen LogP contribution in [0.3, 0.4) is 0 Å². The first kappa shape index (κ1) is 23.1. The molecule has 168 valence electrons. The smallest absolute Gasteiger partial charge is 0.232 e. The zero-order chi connectivity index (χ0) is 22.8. The Balaban J connectivity index is 1.66. The van der Waals surface area contributed by atoms with Gasteiger partial charge >= 0.3 is 0 Å². The number of aryl methyl sites for hydroxylation is 1. The number of hydrogen-bond acceptors (Lipinski definition) is 4. The molecule has 31 heavy (non-hydrogen) atoms. The summed E-state index contributed by atoms with van der Waals surface area (Å²) in [6, 6.07) is 13.2. The fourth-order valence-corrected chi connectivity index (χ4v) is 5.07. The second-order valence-electron chi connectivity index (χ2n) is 8.88. The van der Waals surface area contributed by atoms with Crippen molar-refractivity contribution in [3.05, 3.63) is 59.2 Å². The van der Waals surface area contributed by atoms with Crippen LogP contribution in [0.1, 0.15) is 55.8 Å². The van der Waals surface area contributed by atoms with Gasteiger partial charge in [0.25, 0.3) is 0 Å². The number of amides is 1. The number of nitrogens with zero attached hydrogens (tertiary/aromatic N) is 1. The summed E-state index contributed by atoms with van der Waals surface area (Å²) in [6.45, 7) is 8.15. The molecule has 0 bridgehead atoms. The van der Waals surface area contributed by atoms with Crippen molar-refractivity contribution in [1.82, 2.24) is 5.32 Å². The van der Waals surface area contributed by atoms with Crippen molar-refractivity contribution < 1.29 is 17.9 Å². The largest absolute Gasteiger partial charge is 0.487 e. The number of benzene rings is 2. The number of carbonyl (C=O) groups excluding carboxylic acids is 1. The molecule has 1 amide bonds. The lowest BCUT2D eigenvalue weighted by Crippen LogP contribution is -2.41. The van der Waals surface area contributed by atoms with Crippen LogP contribution in [0, 0.1) is 13.8 Å². The maximum atomic E-state index is 12.7. The molecule has 1 N–H and O–H groups in total. The Morgan fingerprint density at radius 2 is 1.87 bits per heavy atom. The van der Waals surface area contributed by atoms with Crippen molar-refractivity contribution in [2.24, 2.45) is 0 Å². The molecule has 1 aliphatic rings. The predicted octanol–water partition coefficient (Wildman–Crippen LogP) is 4.27. The summed E-state index contributed by atoms with van der Waals surface area (Å²) < 4.78 is 32.2. The van der Waals surface area contributed by atoms with E-state index >= 15 is 0 Å². The van der Waals surface area contributed by atoms with E-state index in [2.05, 4.69) is 5.32 Å². The van der Waals surface area contributed by atoms with Gasteiger partial charge in [0.1, 0.15) is 11.4 Å². The molecule has 1 atom stereocenters. The van der Waals surface area contributed by atoms with Crippen LogP contribution < -0.4 is 14.4 Å². The van der Waals surface area contributed by atoms with E-state index in [1.165, 1.54) is 10.6 Å². The Hall–Kier alpha value is -2.54. The number of fused-ring (bicyclic) bond motifs is 1. The topological polar surface area (TPSA) is 75.7 Å². The molecule has 1 heterocycles. The number of hydrogen-bond donors (Lipinski definition) is 1. The van der Waals surface area contributed by atoms with Crippen LogP contribution >= 0.6 is 0 Å². The molecule has 0 saturated heterocycles. The molecule has 0 spiro atoms. The molecule has 2 aromatic carbocycles. The number of para-hydroxylation sites is 1. The van der Waals surface area contributed by atoms with Gasteiger partial charge in [0, 0.05) is 24.9 Å². The van der Waals surface area contributed by atoms with E-state index in [0.717, 1.165) is 22.4 Å². The number of ether oxygens (including phenoxy) is 1. The minimum atomic E-state index is -3.45. The van der Waals surface area contributed by atoms with Gasteiger partial charge in [0.2, 0.25) is 15.9 Å². The monoisotopic (exact) mass is 444 g/mol. The molecule has 0 aromatic heterocycles. The van der Waals surface area contributed by atoms with E-state index in [1.54, 1.807) is 0 Å². The van der Waals surface area contributed by atoms with Crippen LogP contribution in [0.15, 0.2) is 42.5 Å². The Kier molecular flexibility index (Phi) is 6.65. The van der Waals surface area contributed by atoms with E-state index in [0.29, 0.717) is 18.5 Å². The Bertz CT molecular complexity index is 1060. The summed E-state index contributed by atoms with van der Waals surface area (Å²) in [4.78, 5) is 12.7. The van der Waals surface area contributed by atoms with Crippen LogP contribution in [0.4, 0.5) is 5.69 Å². The quantitative estimate of drug-likeness (QED) is 0.692. The van der Waals surface area contributed by atoms with Gasteiger partial charge in [-0.05, 0) is 57.4 Å². The van der Waals surface area contributed by atoms with Crippen molar-refractivity contribution in [2.45, 2.75) is 58.6 Å². The minimum Gasteiger partial charge on any atom is -0.487 e. The van der Waals surface area contributed by atoms with Crippen molar-refractivity contribution in [3.63, 3.8) is 0 Å². The maximum absolute atomic E-state index is 12.7. The van der Waals surface area contributed by atoms with E-state index in [-0.39, 0.29) is 30.5 Å². The fourth-order valence-electron chi connectivity index (χ4n) is 4.05. The van der Waals surface area contributed by atoms with Gasteiger partial charge in [0.05, 0.1) is 18.0 Å². The SMILES string of the molecule is Cc1cccc(N(CCCC(=O)N[C@H]2CC(C)(C)Oc3ccccc32)S(C)(=O)=O)c1C. The highest BCUT2D eigenvalue weighted by Crippen LogP contribution is 2.39. The van der Waals surface area contributed by atoms with Gasteiger partial charge in [-0.25, -0.2) is 8.42 Å². The van der Waals surface area contributed by atoms with Crippen LogP contribution in [0.2, 0.25) is 0 Å². The number of sulfonamides is 1. The highest BCUT2D eigenvalue weighted by molar-refractivity contribution is 7.92. The normalized spacial score (nSPS) is 17.4. The minimum absolute atomic E-state index is 0.0908. The second kappa shape index (κ2) is 8.91. The Labute approximate surface area is 185 Å². The third-order valence-corrected chi connectivity index (χ3v) is 6.90. The Morgan fingerprint density at radius 3 is 2.58 bits per heavy atom. The molecule has 0 saturated carbocycles. The maximum Gasteiger partial charge on any atom is 0.232 e. The van der Waals surface area contributed by atoms with E-state index in [4.69, 9.17) is 4.74 Å². The standard InChI is InChI=1S/C24H32N2O4S/c1-17-10-8-12-21(18(17)2)26(31(5,28)29)15-9-14-23(27)25-20-16-24(3,4)30-22-13-7-6-11-19(20)22/h6-8,10-13,20H,9,14-16H2,1-5H3,(H,25,27)/t20-/m0/s1. The molecular formula is C24H32N2O4S. The van der Waals surface area contributed by atoms with Crippen LogP contribution in [-0.2, 0) is 14.8 Å². The van der Waals surface area contributed by atoms with Gasteiger partial charge in [-0.1, -0.05) is 30.3 Å². The van der Waals surface area contributed by atoms with Crippen molar-refractivity contribution in [1.29, 1.82) is 0 Å². The average molecular weight is 445 g/mol. The van der Waals surface area contributed by atoms with Crippen LogP contribution in [-0.4, -0.2) is 32.7 Å². The van der Waals surface area contributed by atoms with Gasteiger partial charge in [-0.15, -0.1) is 0 Å². The first-order chi connectivity index (χ1) is 14.5. The van der Waals surface area contributed by atoms with Gasteiger partial charge < -0.3 is 10.1 Å². The van der Waals surface area contributed by atoms with Crippen LogP contribution in [0.25, 0.3) is 0 Å². The molecular weight excluding hydrogens is 412 g/mol. The molecule has 0 fully saturated rings.